The highest BCUT2D eigenvalue weighted by molar-refractivity contribution is 7.91. The Morgan fingerprint density at radius 2 is 1.89 bits per heavy atom. The van der Waals surface area contributed by atoms with Gasteiger partial charge in [-0.3, -0.25) is 15.6 Å². The highest BCUT2D eigenvalue weighted by Crippen LogP contribution is 2.28. The Balaban J connectivity index is 1.58. The Morgan fingerprint density at radius 3 is 2.59 bits per heavy atom. The first-order chi connectivity index (χ1) is 12.7. The molecule has 0 unspecified atom stereocenters. The maximum Gasteiger partial charge on any atom is 0.239 e. The van der Waals surface area contributed by atoms with E-state index in [4.69, 9.17) is 0 Å². The summed E-state index contributed by atoms with van der Waals surface area (Å²) in [6, 6.07) is 8.57. The molecule has 0 atom stereocenters. The van der Waals surface area contributed by atoms with Crippen molar-refractivity contribution in [3.8, 4) is 0 Å². The van der Waals surface area contributed by atoms with Gasteiger partial charge in [0.15, 0.2) is 9.84 Å². The van der Waals surface area contributed by atoms with Crippen LogP contribution < -0.4 is 10.9 Å². The Morgan fingerprint density at radius 1 is 1.19 bits per heavy atom. The van der Waals surface area contributed by atoms with E-state index in [-0.39, 0.29) is 17.1 Å². The van der Waals surface area contributed by atoms with Crippen LogP contribution in [0, 0.1) is 19.7 Å². The maximum atomic E-state index is 12.9. The predicted molar refractivity (Wildman–Crippen MR) is 104 cm³/mol. The Labute approximate surface area is 160 Å². The summed E-state index contributed by atoms with van der Waals surface area (Å²) >= 11 is 1.40. The number of fused-ring (bicyclic) bond motifs is 1. The fourth-order valence-electron chi connectivity index (χ4n) is 2.60. The van der Waals surface area contributed by atoms with Crippen LogP contribution in [0.15, 0.2) is 41.3 Å². The fourth-order valence-corrected chi connectivity index (χ4v) is 4.83. The molecule has 0 aliphatic rings. The van der Waals surface area contributed by atoms with E-state index in [0.29, 0.717) is 5.13 Å². The largest absolute Gasteiger partial charge is 0.273 e. The van der Waals surface area contributed by atoms with E-state index in [1.165, 1.54) is 23.5 Å². The molecule has 3 aromatic rings. The van der Waals surface area contributed by atoms with Gasteiger partial charge in [0.05, 0.1) is 20.9 Å². The van der Waals surface area contributed by atoms with E-state index in [0.717, 1.165) is 33.5 Å². The van der Waals surface area contributed by atoms with Gasteiger partial charge in [0.1, 0.15) is 5.82 Å². The van der Waals surface area contributed by atoms with Crippen molar-refractivity contribution in [1.82, 2.24) is 10.4 Å². The Bertz CT molecular complexity index is 1090. The number of hydrazine groups is 1. The molecule has 0 saturated carbocycles. The summed E-state index contributed by atoms with van der Waals surface area (Å²) in [5.41, 5.74) is 8.23. The number of carbonyl (C=O) groups excluding carboxylic acids is 1. The van der Waals surface area contributed by atoms with Gasteiger partial charge in [-0.15, -0.1) is 0 Å². The number of amides is 1. The van der Waals surface area contributed by atoms with E-state index in [1.54, 1.807) is 0 Å². The van der Waals surface area contributed by atoms with Crippen molar-refractivity contribution >= 4 is 42.4 Å². The molecule has 27 heavy (non-hydrogen) atoms. The smallest absolute Gasteiger partial charge is 0.239 e. The van der Waals surface area contributed by atoms with Gasteiger partial charge in [0, 0.05) is 6.42 Å². The van der Waals surface area contributed by atoms with Crippen molar-refractivity contribution in [2.45, 2.75) is 25.2 Å². The molecule has 1 aromatic heterocycles. The summed E-state index contributed by atoms with van der Waals surface area (Å²) in [5, 5.41) is 0.522. The van der Waals surface area contributed by atoms with E-state index >= 15 is 0 Å². The standard InChI is InChI=1S/C18H18FN3O3S2/c1-11-9-12(2)17-15(10-11)26-18(20-17)22-21-16(23)7-8-27(24,25)14-5-3-13(19)4-6-14/h3-6,9-10H,7-8H2,1-2H3,(H,20,22)(H,21,23). The number of sulfone groups is 1. The van der Waals surface area contributed by atoms with Gasteiger partial charge in [0.25, 0.3) is 0 Å². The third kappa shape index (κ3) is 4.61. The minimum atomic E-state index is -3.65. The van der Waals surface area contributed by atoms with Crippen LogP contribution in [-0.2, 0) is 14.6 Å². The van der Waals surface area contributed by atoms with E-state index in [9.17, 15) is 17.6 Å². The summed E-state index contributed by atoms with van der Waals surface area (Å²) < 4.78 is 38.3. The van der Waals surface area contributed by atoms with E-state index in [2.05, 4.69) is 15.8 Å². The van der Waals surface area contributed by atoms with Crippen LogP contribution in [0.2, 0.25) is 0 Å². The minimum Gasteiger partial charge on any atom is -0.273 e. The van der Waals surface area contributed by atoms with Crippen molar-refractivity contribution in [2.24, 2.45) is 0 Å². The molecule has 3 rings (SSSR count). The zero-order valence-corrected chi connectivity index (χ0v) is 16.4. The zero-order chi connectivity index (χ0) is 19.6. The number of nitrogens with one attached hydrogen (secondary N) is 2. The van der Waals surface area contributed by atoms with Crippen LogP contribution in [0.25, 0.3) is 10.2 Å². The normalized spacial score (nSPS) is 11.5. The molecule has 2 aromatic carbocycles. The van der Waals surface area contributed by atoms with Crippen LogP contribution in [0.3, 0.4) is 0 Å². The predicted octanol–water partition coefficient (Wildman–Crippen LogP) is 3.36. The molecule has 142 valence electrons. The molecule has 0 spiro atoms. The number of halogens is 1. The van der Waals surface area contributed by atoms with Crippen LogP contribution in [-0.4, -0.2) is 25.1 Å². The van der Waals surface area contributed by atoms with Crippen LogP contribution >= 0.6 is 11.3 Å². The molecule has 2 N–H and O–H groups in total. The lowest BCUT2D eigenvalue weighted by Crippen LogP contribution is -2.30. The van der Waals surface area contributed by atoms with Crippen LogP contribution in [0.1, 0.15) is 17.5 Å². The van der Waals surface area contributed by atoms with Gasteiger partial charge < -0.3 is 0 Å². The lowest BCUT2D eigenvalue weighted by molar-refractivity contribution is -0.120. The number of aromatic nitrogens is 1. The highest BCUT2D eigenvalue weighted by Gasteiger charge is 2.17. The van der Waals surface area contributed by atoms with Gasteiger partial charge >= 0.3 is 0 Å². The van der Waals surface area contributed by atoms with Gasteiger partial charge in [0.2, 0.25) is 11.0 Å². The Hall–Kier alpha value is -2.52. The molecule has 9 heteroatoms. The molecule has 1 amide bonds. The van der Waals surface area contributed by atoms with E-state index in [1.807, 2.05) is 26.0 Å². The Kier molecular flexibility index (Phi) is 5.43. The molecule has 0 saturated heterocycles. The minimum absolute atomic E-state index is 0.0123. The molecule has 0 radical (unpaired) electrons. The molecule has 0 bridgehead atoms. The number of aryl methyl sites for hydroxylation is 2. The second kappa shape index (κ2) is 7.61. The molecule has 0 fully saturated rings. The van der Waals surface area contributed by atoms with Gasteiger partial charge in [-0.05, 0) is 55.3 Å². The number of hydrogen-bond acceptors (Lipinski definition) is 6. The molecular formula is C18H18FN3O3S2. The van der Waals surface area contributed by atoms with Crippen LogP contribution in [0.5, 0.6) is 0 Å². The first-order valence-corrected chi connectivity index (χ1v) is 10.6. The van der Waals surface area contributed by atoms with Gasteiger partial charge in [-0.2, -0.15) is 0 Å². The second-order valence-corrected chi connectivity index (χ2v) is 9.28. The average molecular weight is 407 g/mol. The maximum absolute atomic E-state index is 12.9. The van der Waals surface area contributed by atoms with Crippen molar-refractivity contribution in [1.29, 1.82) is 0 Å². The van der Waals surface area contributed by atoms with Gasteiger partial charge in [-0.25, -0.2) is 17.8 Å². The number of thiazole rings is 1. The number of anilines is 1. The molecule has 6 nitrogen and oxygen atoms in total. The molecule has 0 aliphatic carbocycles. The van der Waals surface area contributed by atoms with Crippen molar-refractivity contribution < 1.29 is 17.6 Å². The number of nitrogens with zero attached hydrogens (tertiary/aromatic N) is 1. The number of carbonyl (C=O) groups is 1. The quantitative estimate of drug-likeness (QED) is 0.483. The van der Waals surface area contributed by atoms with Crippen molar-refractivity contribution in [2.75, 3.05) is 11.2 Å². The summed E-state index contributed by atoms with van der Waals surface area (Å²) in [7, 11) is -3.65. The molecular weight excluding hydrogens is 389 g/mol. The summed E-state index contributed by atoms with van der Waals surface area (Å²) in [6.07, 6.45) is -0.226. The SMILES string of the molecule is Cc1cc(C)c2nc(NNC(=O)CCS(=O)(=O)c3ccc(F)cc3)sc2c1. The highest BCUT2D eigenvalue weighted by atomic mass is 32.2. The average Bonchev–Trinajstić information content (AvgIpc) is 3.02. The second-order valence-electron chi connectivity index (χ2n) is 6.14. The topological polar surface area (TPSA) is 88.2 Å². The monoisotopic (exact) mass is 407 g/mol. The number of hydrogen-bond donors (Lipinski definition) is 2. The van der Waals surface area contributed by atoms with Crippen molar-refractivity contribution in [3.63, 3.8) is 0 Å². The van der Waals surface area contributed by atoms with Crippen LogP contribution in [0.4, 0.5) is 9.52 Å². The fraction of sp³-hybridized carbons (Fsp3) is 0.222. The summed E-state index contributed by atoms with van der Waals surface area (Å²) in [4.78, 5) is 16.4. The van der Waals surface area contributed by atoms with Gasteiger partial charge in [-0.1, -0.05) is 17.4 Å². The lowest BCUT2D eigenvalue weighted by Gasteiger charge is -2.06. The zero-order valence-electron chi connectivity index (χ0n) is 14.7. The first-order valence-electron chi connectivity index (χ1n) is 8.15. The summed E-state index contributed by atoms with van der Waals surface area (Å²) in [5.74, 6) is -1.37. The van der Waals surface area contributed by atoms with E-state index < -0.39 is 21.6 Å². The molecule has 0 aliphatic heterocycles. The number of rotatable bonds is 6. The summed E-state index contributed by atoms with van der Waals surface area (Å²) in [6.45, 7) is 3.97. The van der Waals surface area contributed by atoms with Crippen molar-refractivity contribution in [3.05, 3.63) is 53.3 Å². The molecule has 1 heterocycles. The number of benzene rings is 2. The third-order valence-corrected chi connectivity index (χ3v) is 6.56. The lowest BCUT2D eigenvalue weighted by atomic mass is 10.1. The first kappa shape index (κ1) is 19.2. The third-order valence-electron chi connectivity index (χ3n) is 3.91.